The van der Waals surface area contributed by atoms with Crippen LogP contribution in [-0.2, 0) is 11.0 Å². The molecule has 160 valence electrons. The topological polar surface area (TPSA) is 81.1 Å². The Kier molecular flexibility index (Phi) is 5.14. The van der Waals surface area contributed by atoms with Gasteiger partial charge >= 0.3 is 6.18 Å². The molecule has 0 spiro atoms. The van der Waals surface area contributed by atoms with Gasteiger partial charge < -0.3 is 15.4 Å². The lowest BCUT2D eigenvalue weighted by atomic mass is 9.94. The number of hydrogen-bond acceptors (Lipinski definition) is 5. The number of nitrogens with zero attached hydrogens (tertiary/aromatic N) is 3. The first-order valence-electron chi connectivity index (χ1n) is 9.28. The highest BCUT2D eigenvalue weighted by molar-refractivity contribution is 6.06. The number of benzene rings is 2. The quantitative estimate of drug-likeness (QED) is 0.649. The number of para-hydroxylation sites is 2. The van der Waals surface area contributed by atoms with Gasteiger partial charge in [0.1, 0.15) is 18.1 Å². The summed E-state index contributed by atoms with van der Waals surface area (Å²) >= 11 is 0. The summed E-state index contributed by atoms with van der Waals surface area (Å²) < 4.78 is 45.8. The molecular weight excluding hydrogens is 411 g/mol. The normalized spacial score (nSPS) is 15.8. The Labute approximate surface area is 175 Å². The molecule has 1 aliphatic rings. The van der Waals surface area contributed by atoms with Crippen LogP contribution in [0.1, 0.15) is 24.1 Å². The molecule has 1 atom stereocenters. The Balaban J connectivity index is 1.75. The van der Waals surface area contributed by atoms with Crippen LogP contribution in [0.25, 0.3) is 0 Å². The van der Waals surface area contributed by atoms with Gasteiger partial charge in [-0.25, -0.2) is 4.68 Å². The van der Waals surface area contributed by atoms with Crippen molar-refractivity contribution in [2.45, 2.75) is 19.1 Å². The standard InChI is InChI=1S/C21H18F3N5O2/c1-12-17(19(30)28-15-5-3-4-6-16(15)31-2)18(29-20(27-12)25-11-26-29)13-7-9-14(10-8-13)21(22,23)24/h3-11,18H,1-2H3,(H,28,30)(H,25,26,27)/t18-/m0/s1. The Hall–Kier alpha value is -3.82. The Bertz CT molecular complexity index is 1150. The Morgan fingerprint density at radius 1 is 1.16 bits per heavy atom. The third kappa shape index (κ3) is 3.83. The fourth-order valence-electron chi connectivity index (χ4n) is 3.49. The molecule has 2 N–H and O–H groups in total. The van der Waals surface area contributed by atoms with Crippen LogP contribution in [0.3, 0.4) is 0 Å². The average molecular weight is 429 g/mol. The predicted molar refractivity (Wildman–Crippen MR) is 108 cm³/mol. The molecule has 0 saturated carbocycles. The highest BCUT2D eigenvalue weighted by Crippen LogP contribution is 2.37. The smallest absolute Gasteiger partial charge is 0.416 e. The lowest BCUT2D eigenvalue weighted by Gasteiger charge is -2.29. The van der Waals surface area contributed by atoms with E-state index < -0.39 is 23.7 Å². The van der Waals surface area contributed by atoms with E-state index in [1.54, 1.807) is 31.2 Å². The number of aromatic nitrogens is 3. The van der Waals surface area contributed by atoms with Crippen molar-refractivity contribution in [1.29, 1.82) is 0 Å². The summed E-state index contributed by atoms with van der Waals surface area (Å²) in [5, 5.41) is 10.0. The first kappa shape index (κ1) is 20.5. The van der Waals surface area contributed by atoms with Crippen LogP contribution in [0, 0.1) is 0 Å². The van der Waals surface area contributed by atoms with Crippen molar-refractivity contribution in [3.63, 3.8) is 0 Å². The molecule has 0 unspecified atom stereocenters. The summed E-state index contributed by atoms with van der Waals surface area (Å²) in [5.41, 5.74) is 0.961. The van der Waals surface area contributed by atoms with Gasteiger partial charge in [0.25, 0.3) is 5.91 Å². The predicted octanol–water partition coefficient (Wildman–Crippen LogP) is 4.23. The lowest BCUT2D eigenvalue weighted by Crippen LogP contribution is -2.31. The number of carbonyl (C=O) groups excluding carboxylic acids is 1. The molecule has 0 bridgehead atoms. The second-order valence-corrected chi connectivity index (χ2v) is 6.87. The van der Waals surface area contributed by atoms with Crippen LogP contribution in [0.5, 0.6) is 5.75 Å². The minimum Gasteiger partial charge on any atom is -0.495 e. The van der Waals surface area contributed by atoms with Crippen LogP contribution in [-0.4, -0.2) is 27.8 Å². The summed E-state index contributed by atoms with van der Waals surface area (Å²) in [7, 11) is 1.49. The van der Waals surface area contributed by atoms with E-state index in [9.17, 15) is 18.0 Å². The van der Waals surface area contributed by atoms with E-state index >= 15 is 0 Å². The molecule has 2 aromatic carbocycles. The zero-order chi connectivity index (χ0) is 22.2. The number of halogens is 3. The molecular formula is C21H18F3N5O2. The summed E-state index contributed by atoms with van der Waals surface area (Å²) in [4.78, 5) is 17.4. The van der Waals surface area contributed by atoms with E-state index in [-0.39, 0.29) is 0 Å². The van der Waals surface area contributed by atoms with E-state index in [0.29, 0.717) is 34.2 Å². The van der Waals surface area contributed by atoms with E-state index in [1.807, 2.05) is 0 Å². The number of alkyl halides is 3. The van der Waals surface area contributed by atoms with Gasteiger partial charge in [-0.3, -0.25) is 4.79 Å². The molecule has 2 heterocycles. The van der Waals surface area contributed by atoms with E-state index in [0.717, 1.165) is 12.1 Å². The second-order valence-electron chi connectivity index (χ2n) is 6.87. The van der Waals surface area contributed by atoms with Crippen molar-refractivity contribution in [2.24, 2.45) is 0 Å². The van der Waals surface area contributed by atoms with Crippen LogP contribution < -0.4 is 15.4 Å². The minimum atomic E-state index is -4.46. The van der Waals surface area contributed by atoms with Gasteiger partial charge in [-0.1, -0.05) is 24.3 Å². The first-order valence-corrected chi connectivity index (χ1v) is 9.28. The molecule has 10 heteroatoms. The van der Waals surface area contributed by atoms with Crippen molar-refractivity contribution < 1.29 is 22.7 Å². The van der Waals surface area contributed by atoms with Gasteiger partial charge in [0.15, 0.2) is 0 Å². The summed E-state index contributed by atoms with van der Waals surface area (Å²) in [6.45, 7) is 1.70. The Morgan fingerprint density at radius 3 is 2.55 bits per heavy atom. The minimum absolute atomic E-state index is 0.295. The molecule has 1 aromatic heterocycles. The van der Waals surface area contributed by atoms with Gasteiger partial charge in [0.2, 0.25) is 5.95 Å². The zero-order valence-electron chi connectivity index (χ0n) is 16.6. The number of fused-ring (bicyclic) bond motifs is 1. The van der Waals surface area contributed by atoms with Crippen LogP contribution in [0.2, 0.25) is 0 Å². The molecule has 7 nitrogen and oxygen atoms in total. The number of anilines is 2. The molecule has 0 radical (unpaired) electrons. The largest absolute Gasteiger partial charge is 0.495 e. The summed E-state index contributed by atoms with van der Waals surface area (Å²) in [6.07, 6.45) is -3.14. The number of carbonyl (C=O) groups is 1. The van der Waals surface area contributed by atoms with Gasteiger partial charge in [-0.05, 0) is 36.8 Å². The van der Waals surface area contributed by atoms with Crippen molar-refractivity contribution in [3.05, 3.63) is 77.3 Å². The van der Waals surface area contributed by atoms with E-state index in [2.05, 4.69) is 20.7 Å². The number of hydrogen-bond donors (Lipinski definition) is 2. The van der Waals surface area contributed by atoms with Gasteiger partial charge in [-0.2, -0.15) is 23.3 Å². The van der Waals surface area contributed by atoms with E-state index in [1.165, 1.54) is 30.3 Å². The number of allylic oxidation sites excluding steroid dienone is 1. The van der Waals surface area contributed by atoms with Gasteiger partial charge in [0, 0.05) is 5.70 Å². The number of rotatable bonds is 4. The molecule has 31 heavy (non-hydrogen) atoms. The van der Waals surface area contributed by atoms with Crippen LogP contribution in [0.4, 0.5) is 24.8 Å². The molecule has 4 rings (SSSR count). The molecule has 0 saturated heterocycles. The maximum absolute atomic E-state index is 13.3. The fraction of sp³-hybridized carbons (Fsp3) is 0.190. The van der Waals surface area contributed by atoms with Crippen LogP contribution >= 0.6 is 0 Å². The monoisotopic (exact) mass is 429 g/mol. The fourth-order valence-corrected chi connectivity index (χ4v) is 3.49. The highest BCUT2D eigenvalue weighted by Gasteiger charge is 2.35. The SMILES string of the molecule is COc1ccccc1NC(=O)C1=C(C)Nc2ncnn2[C@H]1c1ccc(C(F)(F)F)cc1. The number of nitrogens with one attached hydrogen (secondary N) is 2. The Morgan fingerprint density at radius 2 is 1.87 bits per heavy atom. The molecule has 1 aliphatic heterocycles. The first-order chi connectivity index (χ1) is 14.8. The molecule has 0 fully saturated rings. The number of ether oxygens (including phenoxy) is 1. The van der Waals surface area contributed by atoms with Crippen molar-refractivity contribution in [3.8, 4) is 5.75 Å². The summed E-state index contributed by atoms with van der Waals surface area (Å²) in [6, 6.07) is 10.8. The third-order valence-corrected chi connectivity index (χ3v) is 4.95. The highest BCUT2D eigenvalue weighted by atomic mass is 19.4. The van der Waals surface area contributed by atoms with Crippen LogP contribution in [0.15, 0.2) is 66.1 Å². The summed E-state index contributed by atoms with van der Waals surface area (Å²) in [5.74, 6) is 0.419. The van der Waals surface area contributed by atoms with Crippen molar-refractivity contribution in [1.82, 2.24) is 14.8 Å². The number of amides is 1. The lowest BCUT2D eigenvalue weighted by molar-refractivity contribution is -0.137. The maximum atomic E-state index is 13.3. The molecule has 0 aliphatic carbocycles. The van der Waals surface area contributed by atoms with Crippen molar-refractivity contribution >= 4 is 17.5 Å². The average Bonchev–Trinajstić information content (AvgIpc) is 3.20. The molecule has 1 amide bonds. The van der Waals surface area contributed by atoms with E-state index in [4.69, 9.17) is 4.74 Å². The van der Waals surface area contributed by atoms with Gasteiger partial charge in [-0.15, -0.1) is 0 Å². The van der Waals surface area contributed by atoms with Crippen molar-refractivity contribution in [2.75, 3.05) is 17.7 Å². The maximum Gasteiger partial charge on any atom is 0.416 e. The number of methoxy groups -OCH3 is 1. The second kappa shape index (κ2) is 7.78. The third-order valence-electron chi connectivity index (χ3n) is 4.95. The van der Waals surface area contributed by atoms with Gasteiger partial charge in [0.05, 0.1) is 23.9 Å². The zero-order valence-corrected chi connectivity index (χ0v) is 16.6. The molecule has 3 aromatic rings.